The Morgan fingerprint density at radius 2 is 2.26 bits per heavy atom. The largest absolute Gasteiger partial charge is 0.478 e. The van der Waals surface area contributed by atoms with Gasteiger partial charge in [-0.1, -0.05) is 18.5 Å². The highest BCUT2D eigenvalue weighted by molar-refractivity contribution is 6.31. The summed E-state index contributed by atoms with van der Waals surface area (Å²) >= 11 is 5.99. The Kier molecular flexibility index (Phi) is 2.94. The first-order valence-corrected chi connectivity index (χ1v) is 6.78. The summed E-state index contributed by atoms with van der Waals surface area (Å²) in [6, 6.07) is 5.25. The SMILES string of the molecule is C[C@H]1CCc2nc3ccc(Cl)cc3c(C(=O)O)c2C1. The predicted octanol–water partition coefficient (Wildman–Crippen LogP) is 3.71. The monoisotopic (exact) mass is 275 g/mol. The van der Waals surface area contributed by atoms with Gasteiger partial charge in [-0.3, -0.25) is 4.98 Å². The van der Waals surface area contributed by atoms with E-state index in [-0.39, 0.29) is 0 Å². The van der Waals surface area contributed by atoms with Crippen LogP contribution >= 0.6 is 11.6 Å². The van der Waals surface area contributed by atoms with E-state index in [1.165, 1.54) is 0 Å². The molecule has 3 nitrogen and oxygen atoms in total. The smallest absolute Gasteiger partial charge is 0.336 e. The maximum atomic E-state index is 11.6. The molecule has 4 heteroatoms. The highest BCUT2D eigenvalue weighted by atomic mass is 35.5. The molecule has 1 aliphatic carbocycles. The van der Waals surface area contributed by atoms with Crippen molar-refractivity contribution in [2.45, 2.75) is 26.2 Å². The van der Waals surface area contributed by atoms with Gasteiger partial charge in [0.2, 0.25) is 0 Å². The number of pyridine rings is 1. The van der Waals surface area contributed by atoms with Crippen LogP contribution in [0.2, 0.25) is 5.02 Å². The molecule has 0 amide bonds. The Bertz CT molecular complexity index is 681. The van der Waals surface area contributed by atoms with Crippen molar-refractivity contribution in [2.24, 2.45) is 5.92 Å². The van der Waals surface area contributed by atoms with Crippen molar-refractivity contribution in [1.29, 1.82) is 0 Å². The zero-order valence-corrected chi connectivity index (χ0v) is 11.4. The fourth-order valence-corrected chi connectivity index (χ4v) is 3.00. The number of aryl methyl sites for hydroxylation is 1. The van der Waals surface area contributed by atoms with Gasteiger partial charge >= 0.3 is 5.97 Å². The minimum atomic E-state index is -0.889. The molecule has 1 aromatic heterocycles. The minimum Gasteiger partial charge on any atom is -0.478 e. The molecule has 0 spiro atoms. The Morgan fingerprint density at radius 1 is 1.47 bits per heavy atom. The first kappa shape index (κ1) is 12.4. The van der Waals surface area contributed by atoms with Crippen LogP contribution in [0.15, 0.2) is 18.2 Å². The number of hydrogen-bond donors (Lipinski definition) is 1. The molecule has 0 saturated heterocycles. The van der Waals surface area contributed by atoms with Gasteiger partial charge in [-0.2, -0.15) is 0 Å². The molecule has 0 unspecified atom stereocenters. The van der Waals surface area contributed by atoms with Crippen LogP contribution in [0.3, 0.4) is 0 Å². The molecule has 98 valence electrons. The molecule has 1 heterocycles. The minimum absolute atomic E-state index is 0.383. The number of carbonyl (C=O) groups is 1. The normalized spacial score (nSPS) is 18.3. The molecule has 1 N–H and O–H groups in total. The van der Waals surface area contributed by atoms with E-state index in [0.29, 0.717) is 21.9 Å². The quantitative estimate of drug-likeness (QED) is 0.863. The van der Waals surface area contributed by atoms with Crippen molar-refractivity contribution in [3.63, 3.8) is 0 Å². The van der Waals surface area contributed by atoms with Crippen LogP contribution in [-0.4, -0.2) is 16.1 Å². The topological polar surface area (TPSA) is 50.2 Å². The van der Waals surface area contributed by atoms with Crippen molar-refractivity contribution in [2.75, 3.05) is 0 Å². The van der Waals surface area contributed by atoms with Gasteiger partial charge in [0.1, 0.15) is 0 Å². The lowest BCUT2D eigenvalue weighted by atomic mass is 9.84. The molecular weight excluding hydrogens is 262 g/mol. The van der Waals surface area contributed by atoms with Crippen molar-refractivity contribution >= 4 is 28.5 Å². The average molecular weight is 276 g/mol. The van der Waals surface area contributed by atoms with Gasteiger partial charge in [-0.05, 0) is 48.9 Å². The lowest BCUT2D eigenvalue weighted by molar-refractivity contribution is 0.0697. The second-order valence-electron chi connectivity index (χ2n) is 5.23. The standard InChI is InChI=1S/C15H14ClNO2/c1-8-2-4-12-10(6-8)14(15(18)19)11-7-9(16)3-5-13(11)17-12/h3,5,7-8H,2,4,6H2,1H3,(H,18,19)/t8-/m0/s1. The average Bonchev–Trinajstić information content (AvgIpc) is 2.35. The molecular formula is C15H14ClNO2. The Morgan fingerprint density at radius 3 is 3.00 bits per heavy atom. The Hall–Kier alpha value is -1.61. The van der Waals surface area contributed by atoms with Crippen molar-refractivity contribution in [3.05, 3.63) is 40.0 Å². The summed E-state index contributed by atoms with van der Waals surface area (Å²) in [6.07, 6.45) is 2.71. The molecule has 1 atom stereocenters. The second-order valence-corrected chi connectivity index (χ2v) is 5.66. The van der Waals surface area contributed by atoms with Gasteiger partial charge in [0.25, 0.3) is 0 Å². The molecule has 3 rings (SSSR count). The summed E-state index contributed by atoms with van der Waals surface area (Å²) in [4.78, 5) is 16.2. The number of aromatic nitrogens is 1. The molecule has 0 saturated carbocycles. The summed E-state index contributed by atoms with van der Waals surface area (Å²) in [7, 11) is 0. The predicted molar refractivity (Wildman–Crippen MR) is 74.9 cm³/mol. The number of aromatic carboxylic acids is 1. The van der Waals surface area contributed by atoms with Crippen molar-refractivity contribution in [3.8, 4) is 0 Å². The zero-order chi connectivity index (χ0) is 13.6. The van der Waals surface area contributed by atoms with Crippen molar-refractivity contribution < 1.29 is 9.90 Å². The molecule has 0 bridgehead atoms. The highest BCUT2D eigenvalue weighted by Gasteiger charge is 2.25. The van der Waals surface area contributed by atoms with Gasteiger partial charge < -0.3 is 5.11 Å². The molecule has 0 radical (unpaired) electrons. The van der Waals surface area contributed by atoms with Crippen LogP contribution in [0.4, 0.5) is 0 Å². The second kappa shape index (κ2) is 4.49. The van der Waals surface area contributed by atoms with E-state index in [4.69, 9.17) is 11.6 Å². The van der Waals surface area contributed by atoms with Crippen LogP contribution in [0.25, 0.3) is 10.9 Å². The van der Waals surface area contributed by atoms with E-state index in [9.17, 15) is 9.90 Å². The Balaban J connectivity index is 2.37. The summed E-state index contributed by atoms with van der Waals surface area (Å²) < 4.78 is 0. The molecule has 1 aliphatic rings. The van der Waals surface area contributed by atoms with Crippen LogP contribution in [0.1, 0.15) is 35.0 Å². The molecule has 2 aromatic rings. The third kappa shape index (κ3) is 2.08. The number of hydrogen-bond acceptors (Lipinski definition) is 2. The Labute approximate surface area is 116 Å². The lowest BCUT2D eigenvalue weighted by Gasteiger charge is -2.23. The molecule has 1 aromatic carbocycles. The summed E-state index contributed by atoms with van der Waals surface area (Å²) in [6.45, 7) is 2.15. The van der Waals surface area contributed by atoms with Crippen LogP contribution in [0.5, 0.6) is 0 Å². The first-order valence-electron chi connectivity index (χ1n) is 6.40. The maximum Gasteiger partial charge on any atom is 0.336 e. The first-order chi connectivity index (χ1) is 9.06. The van der Waals surface area contributed by atoms with E-state index in [0.717, 1.165) is 36.0 Å². The number of carboxylic acids is 1. The molecule has 19 heavy (non-hydrogen) atoms. The fourth-order valence-electron chi connectivity index (χ4n) is 2.83. The van der Waals surface area contributed by atoms with E-state index in [1.807, 2.05) is 0 Å². The third-order valence-corrected chi connectivity index (χ3v) is 4.01. The highest BCUT2D eigenvalue weighted by Crippen LogP contribution is 2.32. The van der Waals surface area contributed by atoms with Crippen LogP contribution in [-0.2, 0) is 12.8 Å². The van der Waals surface area contributed by atoms with Gasteiger partial charge in [0.15, 0.2) is 0 Å². The van der Waals surface area contributed by atoms with E-state index in [2.05, 4.69) is 11.9 Å². The number of fused-ring (bicyclic) bond motifs is 2. The summed E-state index contributed by atoms with van der Waals surface area (Å²) in [5.41, 5.74) is 2.93. The van der Waals surface area contributed by atoms with Crippen molar-refractivity contribution in [1.82, 2.24) is 4.98 Å². The maximum absolute atomic E-state index is 11.6. The van der Waals surface area contributed by atoms with Crippen LogP contribution < -0.4 is 0 Å². The number of halogens is 1. The number of nitrogens with zero attached hydrogens (tertiary/aromatic N) is 1. The molecule has 0 aliphatic heterocycles. The van der Waals surface area contributed by atoms with Gasteiger partial charge in [0.05, 0.1) is 11.1 Å². The van der Waals surface area contributed by atoms with E-state index >= 15 is 0 Å². The van der Waals surface area contributed by atoms with Gasteiger partial charge in [0, 0.05) is 16.1 Å². The zero-order valence-electron chi connectivity index (χ0n) is 10.6. The summed E-state index contributed by atoms with van der Waals surface area (Å²) in [5, 5.41) is 10.7. The number of rotatable bonds is 1. The van der Waals surface area contributed by atoms with E-state index < -0.39 is 5.97 Å². The summed E-state index contributed by atoms with van der Waals surface area (Å²) in [5.74, 6) is -0.385. The van der Waals surface area contributed by atoms with E-state index in [1.54, 1.807) is 18.2 Å². The third-order valence-electron chi connectivity index (χ3n) is 3.77. The van der Waals surface area contributed by atoms with Crippen LogP contribution in [0, 0.1) is 5.92 Å². The number of carboxylic acid groups (broad SMARTS) is 1. The molecule has 0 fully saturated rings. The lowest BCUT2D eigenvalue weighted by Crippen LogP contribution is -2.18. The fraction of sp³-hybridized carbons (Fsp3) is 0.333. The van der Waals surface area contributed by atoms with Gasteiger partial charge in [-0.15, -0.1) is 0 Å². The number of benzene rings is 1. The van der Waals surface area contributed by atoms with Gasteiger partial charge in [-0.25, -0.2) is 4.79 Å².